The van der Waals surface area contributed by atoms with Crippen molar-refractivity contribution in [2.24, 2.45) is 5.92 Å². The van der Waals surface area contributed by atoms with Crippen LogP contribution in [0.4, 0.5) is 0 Å². The van der Waals surface area contributed by atoms with Crippen molar-refractivity contribution in [2.45, 2.75) is 20.8 Å². The highest BCUT2D eigenvalue weighted by Gasteiger charge is 2.19. The number of esters is 1. The third-order valence-electron chi connectivity index (χ3n) is 1.93. The first-order chi connectivity index (χ1) is 7.43. The Hall–Kier alpha value is -1.36. The highest BCUT2D eigenvalue weighted by molar-refractivity contribution is 6.00. The zero-order valence-electron chi connectivity index (χ0n) is 10.4. The molecule has 92 valence electrons. The average Bonchev–Trinajstić information content (AvgIpc) is 2.24. The summed E-state index contributed by atoms with van der Waals surface area (Å²) in [5, 5.41) is 1.25. The Morgan fingerprint density at radius 1 is 1.38 bits per heavy atom. The normalized spacial score (nSPS) is 11.5. The number of ether oxygens (including phenoxy) is 1. The van der Waals surface area contributed by atoms with Crippen molar-refractivity contribution < 1.29 is 19.2 Å². The summed E-state index contributed by atoms with van der Waals surface area (Å²) >= 11 is 0. The third kappa shape index (κ3) is 4.44. The second-order valence-corrected chi connectivity index (χ2v) is 3.48. The molecule has 0 N–H and O–H groups in total. The van der Waals surface area contributed by atoms with Crippen molar-refractivity contribution in [1.29, 1.82) is 0 Å². The molecule has 5 nitrogen and oxygen atoms in total. The fourth-order valence-electron chi connectivity index (χ4n) is 1.01. The molecule has 0 aliphatic carbocycles. The van der Waals surface area contributed by atoms with Crippen LogP contribution in [0.1, 0.15) is 20.8 Å². The first-order valence-electron chi connectivity index (χ1n) is 5.14. The largest absolute Gasteiger partial charge is 0.463 e. The van der Waals surface area contributed by atoms with Crippen LogP contribution < -0.4 is 0 Å². The van der Waals surface area contributed by atoms with Crippen molar-refractivity contribution in [3.63, 3.8) is 0 Å². The number of nitrogens with zero attached hydrogens (tertiary/aromatic N) is 1. The van der Waals surface area contributed by atoms with Crippen LogP contribution in [0.25, 0.3) is 0 Å². The predicted molar refractivity (Wildman–Crippen MR) is 59.3 cm³/mol. The number of likely N-dealkylation sites (N-methyl/N-ethyl adjacent to an activating group) is 1. The maximum Gasteiger partial charge on any atom is 0.333 e. The lowest BCUT2D eigenvalue weighted by molar-refractivity contribution is -0.139. The lowest BCUT2D eigenvalue weighted by atomic mass is 10.1. The molecule has 5 heteroatoms. The number of Topliss-reactive ketones (excluding diaryl/α,β-unsaturated/α-hetero) is 1. The summed E-state index contributed by atoms with van der Waals surface area (Å²) in [7, 11) is 2.98. The molecule has 0 aliphatic heterocycles. The van der Waals surface area contributed by atoms with Crippen molar-refractivity contribution >= 4 is 11.8 Å². The number of allylic oxidation sites excluding steroid dienone is 1. The first kappa shape index (κ1) is 14.6. The summed E-state index contributed by atoms with van der Waals surface area (Å²) in [6.07, 6.45) is 1.15. The number of carbonyl (C=O) groups is 2. The van der Waals surface area contributed by atoms with E-state index in [4.69, 9.17) is 9.57 Å². The van der Waals surface area contributed by atoms with Crippen LogP contribution in [-0.4, -0.2) is 37.6 Å². The van der Waals surface area contributed by atoms with Gasteiger partial charge in [0.05, 0.1) is 19.8 Å². The molecule has 0 aromatic carbocycles. The molecule has 0 saturated heterocycles. The van der Waals surface area contributed by atoms with Crippen LogP contribution in [0.2, 0.25) is 0 Å². The van der Waals surface area contributed by atoms with Crippen molar-refractivity contribution in [3.05, 3.63) is 11.8 Å². The molecule has 0 amide bonds. The second kappa shape index (κ2) is 7.00. The van der Waals surface area contributed by atoms with E-state index in [2.05, 4.69) is 0 Å². The molecule has 0 aliphatic rings. The van der Waals surface area contributed by atoms with Gasteiger partial charge < -0.3 is 4.74 Å². The van der Waals surface area contributed by atoms with Gasteiger partial charge in [-0.2, -0.15) is 0 Å². The molecule has 0 rings (SSSR count). The highest BCUT2D eigenvalue weighted by atomic mass is 16.7. The maximum absolute atomic E-state index is 11.8. The number of carbonyl (C=O) groups excluding carboxylic acids is 2. The molecule has 0 saturated carbocycles. The molecule has 0 unspecified atom stereocenters. The number of ketones is 1. The monoisotopic (exact) mass is 229 g/mol. The number of hydroxylamine groups is 2. The zero-order valence-corrected chi connectivity index (χ0v) is 10.4. The minimum atomic E-state index is -0.546. The van der Waals surface area contributed by atoms with E-state index in [1.54, 1.807) is 27.8 Å². The molecule has 0 aromatic rings. The fourth-order valence-corrected chi connectivity index (χ4v) is 1.01. The summed E-state index contributed by atoms with van der Waals surface area (Å²) in [6, 6.07) is 0. The van der Waals surface area contributed by atoms with Gasteiger partial charge in [-0.1, -0.05) is 13.8 Å². The topological polar surface area (TPSA) is 55.8 Å². The molecule has 0 atom stereocenters. The highest BCUT2D eigenvalue weighted by Crippen LogP contribution is 2.10. The molecule has 0 radical (unpaired) electrons. The van der Waals surface area contributed by atoms with Crippen molar-refractivity contribution in [2.75, 3.05) is 20.8 Å². The standard InChI is InChI=1S/C11H19NO4/c1-6-16-10(13)7-9(12(4)15-5)11(14)8(2)3/h7-8H,6H2,1-5H3/b9-7+. The summed E-state index contributed by atoms with van der Waals surface area (Å²) < 4.78 is 4.75. The SMILES string of the molecule is CCOC(=O)/C=C(\C(=O)C(C)C)N(C)OC. The van der Waals surface area contributed by atoms with Crippen molar-refractivity contribution in [3.8, 4) is 0 Å². The number of hydrogen-bond acceptors (Lipinski definition) is 5. The molecule has 0 heterocycles. The van der Waals surface area contributed by atoms with Crippen LogP contribution in [0.5, 0.6) is 0 Å². The Kier molecular flexibility index (Phi) is 6.41. The van der Waals surface area contributed by atoms with E-state index in [-0.39, 0.29) is 24.0 Å². The molecular weight excluding hydrogens is 210 g/mol. The minimum absolute atomic E-state index is 0.169. The number of rotatable bonds is 6. The van der Waals surface area contributed by atoms with Gasteiger partial charge in [0.15, 0.2) is 5.78 Å². The Labute approximate surface area is 96.0 Å². The summed E-state index contributed by atoms with van der Waals surface area (Å²) in [5.41, 5.74) is 0.191. The molecule has 0 fully saturated rings. The zero-order chi connectivity index (χ0) is 12.7. The minimum Gasteiger partial charge on any atom is -0.463 e. The van der Waals surface area contributed by atoms with Crippen molar-refractivity contribution in [1.82, 2.24) is 5.06 Å². The van der Waals surface area contributed by atoms with Gasteiger partial charge in [-0.3, -0.25) is 14.7 Å². The molecular formula is C11H19NO4. The fraction of sp³-hybridized carbons (Fsp3) is 0.636. The summed E-state index contributed by atoms with van der Waals surface area (Å²) in [6.45, 7) is 5.49. The maximum atomic E-state index is 11.8. The predicted octanol–water partition coefficient (Wildman–Crippen LogP) is 1.15. The van der Waals surface area contributed by atoms with Crippen LogP contribution in [0, 0.1) is 5.92 Å². The lowest BCUT2D eigenvalue weighted by Gasteiger charge is -2.19. The average molecular weight is 229 g/mol. The van der Waals surface area contributed by atoms with Crippen LogP contribution >= 0.6 is 0 Å². The Morgan fingerprint density at radius 2 is 1.94 bits per heavy atom. The Balaban J connectivity index is 4.94. The molecule has 0 bridgehead atoms. The smallest absolute Gasteiger partial charge is 0.333 e. The van der Waals surface area contributed by atoms with Crippen LogP contribution in [0.3, 0.4) is 0 Å². The lowest BCUT2D eigenvalue weighted by Crippen LogP contribution is -2.26. The Morgan fingerprint density at radius 3 is 2.31 bits per heavy atom. The second-order valence-electron chi connectivity index (χ2n) is 3.48. The van der Waals surface area contributed by atoms with Gasteiger partial charge in [-0.25, -0.2) is 4.79 Å². The van der Waals surface area contributed by atoms with Gasteiger partial charge in [-0.05, 0) is 6.92 Å². The van der Waals surface area contributed by atoms with E-state index in [0.29, 0.717) is 0 Å². The van der Waals surface area contributed by atoms with Crippen LogP contribution in [0.15, 0.2) is 11.8 Å². The van der Waals surface area contributed by atoms with Gasteiger partial charge in [0, 0.05) is 13.0 Å². The van der Waals surface area contributed by atoms with E-state index >= 15 is 0 Å². The molecule has 0 aromatic heterocycles. The first-order valence-corrected chi connectivity index (χ1v) is 5.14. The van der Waals surface area contributed by atoms with Gasteiger partial charge in [0.1, 0.15) is 5.70 Å². The van der Waals surface area contributed by atoms with Gasteiger partial charge in [-0.15, -0.1) is 0 Å². The van der Waals surface area contributed by atoms with Crippen LogP contribution in [-0.2, 0) is 19.2 Å². The quantitative estimate of drug-likeness (QED) is 0.388. The van der Waals surface area contributed by atoms with Gasteiger partial charge in [0.25, 0.3) is 0 Å². The van der Waals surface area contributed by atoms with E-state index in [1.165, 1.54) is 12.2 Å². The van der Waals surface area contributed by atoms with E-state index < -0.39 is 5.97 Å². The van der Waals surface area contributed by atoms with Gasteiger partial charge >= 0.3 is 5.97 Å². The Bertz CT molecular complexity index is 284. The summed E-state index contributed by atoms with van der Waals surface area (Å²) in [5.74, 6) is -0.925. The van der Waals surface area contributed by atoms with Gasteiger partial charge in [0.2, 0.25) is 0 Å². The summed E-state index contributed by atoms with van der Waals surface area (Å²) in [4.78, 5) is 28.0. The molecule has 0 spiro atoms. The molecule has 16 heavy (non-hydrogen) atoms. The van der Waals surface area contributed by atoms with E-state index in [9.17, 15) is 9.59 Å². The third-order valence-corrected chi connectivity index (χ3v) is 1.93. The van der Waals surface area contributed by atoms with E-state index in [1.807, 2.05) is 0 Å². The van der Waals surface area contributed by atoms with E-state index in [0.717, 1.165) is 6.08 Å². The number of hydrogen-bond donors (Lipinski definition) is 0.